The quantitative estimate of drug-likeness (QED) is 0.469. The summed E-state index contributed by atoms with van der Waals surface area (Å²) in [5, 5.41) is 3.92. The highest BCUT2D eigenvalue weighted by Gasteiger charge is 2.28. The Hall–Kier alpha value is -1.64. The number of hydrogen-bond acceptors (Lipinski definition) is 7. The molecule has 0 aliphatic heterocycles. The summed E-state index contributed by atoms with van der Waals surface area (Å²) in [7, 11) is 1.34. The number of thioether (sulfide) groups is 1. The summed E-state index contributed by atoms with van der Waals surface area (Å²) in [6.45, 7) is 1.97. The first-order valence-electron chi connectivity index (χ1n) is 7.74. The molecule has 2 aromatic heterocycles. The number of carbonyl (C=O) groups excluding carboxylic acids is 2. The molecule has 0 radical (unpaired) electrons. The van der Waals surface area contributed by atoms with Gasteiger partial charge in [-0.1, -0.05) is 30.3 Å². The van der Waals surface area contributed by atoms with E-state index < -0.39 is 11.9 Å². The Kier molecular flexibility index (Phi) is 5.61. The van der Waals surface area contributed by atoms with Gasteiger partial charge in [0.25, 0.3) is 5.91 Å². The second-order valence-corrected chi connectivity index (χ2v) is 8.03. The lowest BCUT2D eigenvalue weighted by Gasteiger charge is -2.08. The van der Waals surface area contributed by atoms with Crippen molar-refractivity contribution >= 4 is 51.6 Å². The van der Waals surface area contributed by atoms with E-state index in [4.69, 9.17) is 16.3 Å². The van der Waals surface area contributed by atoms with E-state index in [0.29, 0.717) is 15.7 Å². The van der Waals surface area contributed by atoms with Crippen LogP contribution in [0.5, 0.6) is 0 Å². The first-order chi connectivity index (χ1) is 12.0. The number of thiophene rings is 1. The number of halogens is 1. The van der Waals surface area contributed by atoms with E-state index in [2.05, 4.69) is 15.3 Å². The number of amides is 1. The molecule has 0 fully saturated rings. The predicted molar refractivity (Wildman–Crippen MR) is 99.1 cm³/mol. The van der Waals surface area contributed by atoms with E-state index in [9.17, 15) is 9.59 Å². The molecular formula is C16H16ClN3O3S2. The largest absolute Gasteiger partial charge is 0.465 e. The molecule has 9 heteroatoms. The number of esters is 1. The zero-order valence-electron chi connectivity index (χ0n) is 13.7. The van der Waals surface area contributed by atoms with Crippen molar-refractivity contribution in [3.8, 4) is 0 Å². The molecule has 0 bridgehead atoms. The molecular weight excluding hydrogens is 382 g/mol. The van der Waals surface area contributed by atoms with E-state index in [1.807, 2.05) is 6.92 Å². The molecule has 0 saturated carbocycles. The smallest absolute Gasteiger partial charge is 0.341 e. The molecule has 1 amide bonds. The van der Waals surface area contributed by atoms with Crippen molar-refractivity contribution in [2.45, 2.75) is 31.3 Å². The number of anilines is 1. The van der Waals surface area contributed by atoms with Crippen LogP contribution < -0.4 is 5.32 Å². The van der Waals surface area contributed by atoms with E-state index >= 15 is 0 Å². The number of rotatable bonds is 5. The summed E-state index contributed by atoms with van der Waals surface area (Å²) >= 11 is 8.91. The highest BCUT2D eigenvalue weighted by Crippen LogP contribution is 2.39. The van der Waals surface area contributed by atoms with Crippen molar-refractivity contribution in [2.24, 2.45) is 0 Å². The summed E-state index contributed by atoms with van der Waals surface area (Å²) in [6.07, 6.45) is 4.15. The van der Waals surface area contributed by atoms with Crippen molar-refractivity contribution in [3.05, 3.63) is 32.9 Å². The molecule has 1 aliphatic carbocycles. The molecule has 132 valence electrons. The third-order valence-corrected chi connectivity index (χ3v) is 5.98. The third kappa shape index (κ3) is 3.65. The molecule has 2 aromatic rings. The van der Waals surface area contributed by atoms with Crippen molar-refractivity contribution in [3.63, 3.8) is 0 Å². The van der Waals surface area contributed by atoms with Crippen molar-refractivity contribution in [1.29, 1.82) is 0 Å². The van der Waals surface area contributed by atoms with Gasteiger partial charge in [0, 0.05) is 4.88 Å². The van der Waals surface area contributed by atoms with Gasteiger partial charge >= 0.3 is 5.97 Å². The number of nitrogens with one attached hydrogen (secondary N) is 1. The Morgan fingerprint density at radius 3 is 2.96 bits per heavy atom. The second-order valence-electron chi connectivity index (χ2n) is 5.29. The van der Waals surface area contributed by atoms with E-state index in [1.165, 1.54) is 36.4 Å². The van der Waals surface area contributed by atoms with Gasteiger partial charge in [0.1, 0.15) is 5.00 Å². The van der Waals surface area contributed by atoms with Crippen LogP contribution in [0.2, 0.25) is 5.02 Å². The van der Waals surface area contributed by atoms with Crippen molar-refractivity contribution in [2.75, 3.05) is 18.2 Å². The normalized spacial score (nSPS) is 12.8. The highest BCUT2D eigenvalue weighted by molar-refractivity contribution is 7.99. The maximum absolute atomic E-state index is 12.6. The zero-order chi connectivity index (χ0) is 18.0. The van der Waals surface area contributed by atoms with Crippen LogP contribution in [-0.2, 0) is 17.6 Å². The van der Waals surface area contributed by atoms with E-state index in [1.54, 1.807) is 0 Å². The lowest BCUT2D eigenvalue weighted by Crippen LogP contribution is -2.17. The van der Waals surface area contributed by atoms with Crippen LogP contribution >= 0.6 is 34.7 Å². The molecule has 0 spiro atoms. The number of fused-ring (bicyclic) bond motifs is 1. The average Bonchev–Trinajstić information content (AvgIpc) is 3.16. The summed E-state index contributed by atoms with van der Waals surface area (Å²) in [5.41, 5.74) is 1.52. The van der Waals surface area contributed by atoms with Gasteiger partial charge < -0.3 is 10.1 Å². The molecule has 0 saturated heterocycles. The van der Waals surface area contributed by atoms with Crippen molar-refractivity contribution in [1.82, 2.24) is 9.97 Å². The van der Waals surface area contributed by atoms with Crippen LogP contribution in [0.1, 0.15) is 44.6 Å². The number of nitrogens with zero attached hydrogens (tertiary/aromatic N) is 2. The van der Waals surface area contributed by atoms with E-state index in [0.717, 1.165) is 35.5 Å². The number of methoxy groups -OCH3 is 1. The van der Waals surface area contributed by atoms with Crippen LogP contribution in [0.15, 0.2) is 11.4 Å². The Morgan fingerprint density at radius 1 is 1.44 bits per heavy atom. The van der Waals surface area contributed by atoms with Gasteiger partial charge in [0.05, 0.1) is 23.9 Å². The average molecular weight is 398 g/mol. The topological polar surface area (TPSA) is 81.2 Å². The molecule has 3 rings (SSSR count). The molecule has 6 nitrogen and oxygen atoms in total. The fourth-order valence-electron chi connectivity index (χ4n) is 2.68. The zero-order valence-corrected chi connectivity index (χ0v) is 16.1. The SMILES string of the molecule is CCSc1ncc(Cl)c(C(=O)Nc2sc3c(c2C(=O)OC)CCC3)n1. The van der Waals surface area contributed by atoms with Gasteiger partial charge in [0.15, 0.2) is 10.9 Å². The molecule has 1 aliphatic rings. The lowest BCUT2D eigenvalue weighted by molar-refractivity contribution is 0.0601. The molecule has 0 unspecified atom stereocenters. The van der Waals surface area contributed by atoms with E-state index in [-0.39, 0.29) is 10.7 Å². The molecule has 25 heavy (non-hydrogen) atoms. The van der Waals surface area contributed by atoms with Crippen LogP contribution in [-0.4, -0.2) is 34.7 Å². The van der Waals surface area contributed by atoms with Crippen LogP contribution in [0.4, 0.5) is 5.00 Å². The summed E-state index contributed by atoms with van der Waals surface area (Å²) in [6, 6.07) is 0. The molecule has 0 atom stereocenters. The van der Waals surface area contributed by atoms with Crippen LogP contribution in [0, 0.1) is 0 Å². The number of aryl methyl sites for hydroxylation is 1. The Morgan fingerprint density at radius 2 is 2.24 bits per heavy atom. The summed E-state index contributed by atoms with van der Waals surface area (Å²) < 4.78 is 4.88. The van der Waals surface area contributed by atoms with Crippen molar-refractivity contribution < 1.29 is 14.3 Å². The van der Waals surface area contributed by atoms with Gasteiger partial charge in [-0.2, -0.15) is 0 Å². The number of ether oxygens (including phenoxy) is 1. The molecule has 1 N–H and O–H groups in total. The Labute approximate surface area is 158 Å². The van der Waals surface area contributed by atoms with Crippen LogP contribution in [0.25, 0.3) is 0 Å². The second kappa shape index (κ2) is 7.72. The minimum Gasteiger partial charge on any atom is -0.465 e. The first-order valence-corrected chi connectivity index (χ1v) is 9.92. The van der Waals surface area contributed by atoms with Gasteiger partial charge in [-0.3, -0.25) is 4.79 Å². The molecule has 2 heterocycles. The highest BCUT2D eigenvalue weighted by atomic mass is 35.5. The maximum Gasteiger partial charge on any atom is 0.341 e. The summed E-state index contributed by atoms with van der Waals surface area (Å²) in [4.78, 5) is 34.2. The number of carbonyl (C=O) groups is 2. The summed E-state index contributed by atoms with van der Waals surface area (Å²) in [5.74, 6) is -0.117. The lowest BCUT2D eigenvalue weighted by atomic mass is 10.1. The fraction of sp³-hybridized carbons (Fsp3) is 0.375. The van der Waals surface area contributed by atoms with Gasteiger partial charge in [-0.15, -0.1) is 11.3 Å². The minimum absolute atomic E-state index is 0.0944. The fourth-order valence-corrected chi connectivity index (χ4v) is 4.67. The Bertz CT molecular complexity index is 838. The van der Waals surface area contributed by atoms with Gasteiger partial charge in [-0.25, -0.2) is 14.8 Å². The monoisotopic (exact) mass is 397 g/mol. The maximum atomic E-state index is 12.6. The number of aromatic nitrogens is 2. The third-order valence-electron chi connectivity index (χ3n) is 3.75. The van der Waals surface area contributed by atoms with Crippen LogP contribution in [0.3, 0.4) is 0 Å². The molecule has 0 aromatic carbocycles. The predicted octanol–water partition coefficient (Wildman–Crippen LogP) is 3.83. The Balaban J connectivity index is 1.92. The minimum atomic E-state index is -0.463. The number of hydrogen-bond donors (Lipinski definition) is 1. The van der Waals surface area contributed by atoms with Gasteiger partial charge in [0.2, 0.25) is 0 Å². The first kappa shape index (κ1) is 18.2. The standard InChI is InChI=1S/C16H16ClN3O3S2/c1-3-24-16-18-7-9(17)12(19-16)13(21)20-14-11(15(22)23-2)8-5-4-6-10(8)25-14/h7H,3-6H2,1-2H3,(H,20,21). The van der Waals surface area contributed by atoms with Gasteiger partial charge in [-0.05, 0) is 30.6 Å².